The van der Waals surface area contributed by atoms with Crippen LogP contribution >= 0.6 is 0 Å². The van der Waals surface area contributed by atoms with E-state index in [1.54, 1.807) is 0 Å². The fourth-order valence-corrected chi connectivity index (χ4v) is 2.81. The Balaban J connectivity index is 1.57. The fourth-order valence-electron chi connectivity index (χ4n) is 2.81. The van der Waals surface area contributed by atoms with Crippen LogP contribution in [0, 0.1) is 0 Å². The monoisotopic (exact) mass is 366 g/mol. The highest BCUT2D eigenvalue weighted by molar-refractivity contribution is 6.35. The molecule has 2 amide bonds. The zero-order chi connectivity index (χ0) is 19.2. The molecule has 0 bridgehead atoms. The van der Waals surface area contributed by atoms with Gasteiger partial charge in [0.05, 0.1) is 12.6 Å². The number of furan rings is 1. The maximum Gasteiger partial charge on any atom is 0.309 e. The number of rotatable bonds is 6. The summed E-state index contributed by atoms with van der Waals surface area (Å²) in [5, 5.41) is 6.23. The fraction of sp³-hybridized carbons (Fsp3) is 0.238. The highest BCUT2D eigenvalue weighted by atomic mass is 16.5. The lowest BCUT2D eigenvalue weighted by Gasteiger charge is -2.16. The lowest BCUT2D eigenvalue weighted by Crippen LogP contribution is -2.42. The summed E-state index contributed by atoms with van der Waals surface area (Å²) in [6, 6.07) is 18.7. The molecule has 1 aromatic heterocycles. The number of hydrogen-bond acceptors (Lipinski definition) is 4. The van der Waals surface area contributed by atoms with E-state index in [9.17, 15) is 9.59 Å². The van der Waals surface area contributed by atoms with Crippen molar-refractivity contribution < 1.29 is 18.7 Å². The van der Waals surface area contributed by atoms with Gasteiger partial charge in [0.15, 0.2) is 0 Å². The molecule has 0 unspecified atom stereocenters. The molecule has 0 radical (unpaired) electrons. The summed E-state index contributed by atoms with van der Waals surface area (Å²) in [5.74, 6) is -0.807. The van der Waals surface area contributed by atoms with E-state index in [1.807, 2.05) is 67.6 Å². The van der Waals surface area contributed by atoms with E-state index in [0.29, 0.717) is 5.76 Å². The molecule has 0 spiro atoms. The second-order valence-corrected chi connectivity index (χ2v) is 6.23. The molecule has 2 aromatic carbocycles. The number of carbonyl (C=O) groups excluding carboxylic acids is 2. The van der Waals surface area contributed by atoms with Crippen molar-refractivity contribution in [2.24, 2.45) is 0 Å². The molecular formula is C21H22N2O4. The van der Waals surface area contributed by atoms with Crippen LogP contribution in [0.15, 0.2) is 65.1 Å². The first-order valence-electron chi connectivity index (χ1n) is 8.73. The van der Waals surface area contributed by atoms with Gasteiger partial charge in [0.1, 0.15) is 17.4 Å². The molecular weight excluding hydrogens is 344 g/mol. The third-order valence-corrected chi connectivity index (χ3v) is 4.35. The van der Waals surface area contributed by atoms with Crippen LogP contribution in [0.4, 0.5) is 0 Å². The number of amides is 2. The number of benzene rings is 2. The molecule has 140 valence electrons. The van der Waals surface area contributed by atoms with E-state index in [-0.39, 0.29) is 12.6 Å². The van der Waals surface area contributed by atoms with Gasteiger partial charge in [0.2, 0.25) is 0 Å². The van der Waals surface area contributed by atoms with Crippen molar-refractivity contribution in [1.82, 2.24) is 10.6 Å². The smallest absolute Gasteiger partial charge is 0.309 e. The van der Waals surface area contributed by atoms with E-state index >= 15 is 0 Å². The Bertz CT molecular complexity index is 887. The summed E-state index contributed by atoms with van der Waals surface area (Å²) in [4.78, 5) is 24.2. The van der Waals surface area contributed by atoms with Gasteiger partial charge in [-0.1, -0.05) is 48.5 Å². The highest BCUT2D eigenvalue weighted by Crippen LogP contribution is 2.25. The average molecular weight is 366 g/mol. The number of para-hydroxylation sites is 1. The molecule has 2 atom stereocenters. The van der Waals surface area contributed by atoms with Crippen LogP contribution in [-0.2, 0) is 14.3 Å². The average Bonchev–Trinajstić information content (AvgIpc) is 3.12. The van der Waals surface area contributed by atoms with E-state index in [4.69, 9.17) is 9.15 Å². The first-order chi connectivity index (χ1) is 13.1. The van der Waals surface area contributed by atoms with Gasteiger partial charge >= 0.3 is 11.8 Å². The summed E-state index contributed by atoms with van der Waals surface area (Å²) in [7, 11) is 1.53. The largest absolute Gasteiger partial charge is 0.458 e. The van der Waals surface area contributed by atoms with Crippen LogP contribution in [0.25, 0.3) is 11.0 Å². The van der Waals surface area contributed by atoms with E-state index in [2.05, 4.69) is 10.6 Å². The molecule has 3 rings (SSSR count). The topological polar surface area (TPSA) is 80.6 Å². The second-order valence-electron chi connectivity index (χ2n) is 6.23. The van der Waals surface area contributed by atoms with Crippen molar-refractivity contribution in [1.29, 1.82) is 0 Å². The molecule has 0 saturated heterocycles. The summed E-state index contributed by atoms with van der Waals surface area (Å²) < 4.78 is 11.2. The molecule has 6 heteroatoms. The molecule has 0 aliphatic heterocycles. The first kappa shape index (κ1) is 18.7. The third-order valence-electron chi connectivity index (χ3n) is 4.35. The first-order valence-corrected chi connectivity index (χ1v) is 8.73. The quantitative estimate of drug-likeness (QED) is 0.657. The maximum atomic E-state index is 12.1. The van der Waals surface area contributed by atoms with Gasteiger partial charge in [-0.05, 0) is 24.6 Å². The zero-order valence-corrected chi connectivity index (χ0v) is 15.3. The summed E-state index contributed by atoms with van der Waals surface area (Å²) in [6.45, 7) is 1.95. The maximum absolute atomic E-state index is 12.1. The molecule has 0 aliphatic carbocycles. The van der Waals surface area contributed by atoms with Crippen LogP contribution in [0.3, 0.4) is 0 Å². The van der Waals surface area contributed by atoms with Crippen molar-refractivity contribution in [2.75, 3.05) is 13.7 Å². The number of ether oxygens (including phenoxy) is 1. The third kappa shape index (κ3) is 4.54. The van der Waals surface area contributed by atoms with Crippen molar-refractivity contribution in [3.8, 4) is 0 Å². The van der Waals surface area contributed by atoms with Crippen LogP contribution in [0.5, 0.6) is 0 Å². The molecule has 27 heavy (non-hydrogen) atoms. The lowest BCUT2D eigenvalue weighted by molar-refractivity contribution is -0.139. The van der Waals surface area contributed by atoms with Gasteiger partial charge in [-0.3, -0.25) is 9.59 Å². The number of methoxy groups -OCH3 is 1. The molecule has 0 fully saturated rings. The Morgan fingerprint density at radius 3 is 2.44 bits per heavy atom. The molecule has 6 nitrogen and oxygen atoms in total. The van der Waals surface area contributed by atoms with E-state index in [1.165, 1.54) is 7.11 Å². The minimum atomic E-state index is -0.712. The molecule has 1 heterocycles. The Hall–Kier alpha value is -3.12. The van der Waals surface area contributed by atoms with E-state index < -0.39 is 17.9 Å². The van der Waals surface area contributed by atoms with Gasteiger partial charge in [0, 0.05) is 12.5 Å². The Labute approximate surface area is 157 Å². The Morgan fingerprint density at radius 2 is 1.74 bits per heavy atom. The van der Waals surface area contributed by atoms with Gasteiger partial charge in [-0.2, -0.15) is 0 Å². The number of fused-ring (bicyclic) bond motifs is 1. The van der Waals surface area contributed by atoms with Crippen LogP contribution < -0.4 is 10.6 Å². The van der Waals surface area contributed by atoms with Crippen molar-refractivity contribution in [2.45, 2.75) is 19.1 Å². The predicted octanol–water partition coefficient (Wildman–Crippen LogP) is 3.11. The van der Waals surface area contributed by atoms with Crippen LogP contribution in [0.2, 0.25) is 0 Å². The van der Waals surface area contributed by atoms with Crippen molar-refractivity contribution >= 4 is 22.8 Å². The molecule has 3 aromatic rings. The SMILES string of the molecule is CO[C@H](CNC(=O)C(=O)N[C@@H](C)c1ccccc1)c1cc2ccccc2o1. The predicted molar refractivity (Wildman–Crippen MR) is 102 cm³/mol. The van der Waals surface area contributed by atoms with Crippen molar-refractivity contribution in [3.05, 3.63) is 72.0 Å². The van der Waals surface area contributed by atoms with Crippen molar-refractivity contribution in [3.63, 3.8) is 0 Å². The molecule has 0 aliphatic rings. The summed E-state index contributed by atoms with van der Waals surface area (Å²) in [6.07, 6.45) is -0.485. The number of carbonyl (C=O) groups is 2. The van der Waals surface area contributed by atoms with E-state index in [0.717, 1.165) is 16.5 Å². The zero-order valence-electron chi connectivity index (χ0n) is 15.3. The minimum Gasteiger partial charge on any atom is -0.458 e. The Kier molecular flexibility index (Phi) is 5.88. The van der Waals surface area contributed by atoms with Gasteiger partial charge in [-0.25, -0.2) is 0 Å². The molecule has 0 saturated carbocycles. The number of nitrogens with one attached hydrogen (secondary N) is 2. The lowest BCUT2D eigenvalue weighted by atomic mass is 10.1. The van der Waals surface area contributed by atoms with Crippen LogP contribution in [-0.4, -0.2) is 25.5 Å². The molecule has 2 N–H and O–H groups in total. The highest BCUT2D eigenvalue weighted by Gasteiger charge is 2.21. The summed E-state index contributed by atoms with van der Waals surface area (Å²) >= 11 is 0. The van der Waals surface area contributed by atoms with Gasteiger partial charge in [-0.15, -0.1) is 0 Å². The van der Waals surface area contributed by atoms with Crippen LogP contribution in [0.1, 0.15) is 30.4 Å². The minimum absolute atomic E-state index is 0.127. The standard InChI is InChI=1S/C21H22N2O4/c1-14(15-8-4-3-5-9-15)23-21(25)20(24)22-13-19(26-2)18-12-16-10-6-7-11-17(16)27-18/h3-12,14,19H,13H2,1-2H3,(H,22,24)(H,23,25)/t14-,19+/m0/s1. The van der Waals surface area contributed by atoms with Gasteiger partial charge < -0.3 is 19.8 Å². The number of hydrogen-bond donors (Lipinski definition) is 2. The second kappa shape index (κ2) is 8.51. The summed E-state index contributed by atoms with van der Waals surface area (Å²) in [5.41, 5.74) is 1.67. The normalized spacial score (nSPS) is 13.1. The Morgan fingerprint density at radius 1 is 1.04 bits per heavy atom. The van der Waals surface area contributed by atoms with Gasteiger partial charge in [0.25, 0.3) is 0 Å².